The lowest BCUT2D eigenvalue weighted by Gasteiger charge is -2.52. The first kappa shape index (κ1) is 41.2. The minimum atomic E-state index is -1.55. The molecule has 0 aliphatic heterocycles. The highest BCUT2D eigenvalue weighted by Crippen LogP contribution is 2.63. The number of fused-ring (bicyclic) bond motifs is 8. The molecule has 0 atom stereocenters. The minimum Gasteiger partial charge on any atom is -0.423 e. The molecule has 0 spiro atoms. The third-order valence-corrected chi connectivity index (χ3v) is 14.7. The van der Waals surface area contributed by atoms with Crippen LogP contribution in [0.1, 0.15) is 129 Å². The van der Waals surface area contributed by atoms with Crippen molar-refractivity contribution in [2.75, 3.05) is 0 Å². The van der Waals surface area contributed by atoms with E-state index in [1.54, 1.807) is 0 Å². The lowest BCUT2D eigenvalue weighted by Crippen LogP contribution is -2.44. The third kappa shape index (κ3) is 6.51. The average molecular weight is 797 g/mol. The molecule has 3 aliphatic rings. The van der Waals surface area contributed by atoms with E-state index in [9.17, 15) is 20.1 Å². The van der Waals surface area contributed by atoms with E-state index in [-0.39, 0.29) is 10.8 Å². The summed E-state index contributed by atoms with van der Waals surface area (Å²) in [5.41, 5.74) is 16.0. The highest BCUT2D eigenvalue weighted by atomic mass is 16.4. The van der Waals surface area contributed by atoms with E-state index in [0.717, 1.165) is 73.3 Å². The maximum Gasteiger partial charge on any atom is 0.488 e. The van der Waals surface area contributed by atoms with Gasteiger partial charge in [-0.25, -0.2) is 0 Å². The highest BCUT2D eigenvalue weighted by molar-refractivity contribution is 6.59. The normalized spacial score (nSPS) is 15.1. The first-order chi connectivity index (χ1) is 28.6. The van der Waals surface area contributed by atoms with Crippen molar-refractivity contribution in [3.63, 3.8) is 0 Å². The second-order valence-corrected chi connectivity index (χ2v) is 20.5. The van der Waals surface area contributed by atoms with Gasteiger partial charge in [0.05, 0.1) is 0 Å². The van der Waals surface area contributed by atoms with E-state index in [0.29, 0.717) is 34.6 Å². The maximum atomic E-state index is 10.5. The van der Waals surface area contributed by atoms with Crippen molar-refractivity contribution in [2.24, 2.45) is 23.7 Å². The first-order valence-corrected chi connectivity index (χ1v) is 22.9. The summed E-state index contributed by atoms with van der Waals surface area (Å²) in [6, 6.07) is 31.4. The van der Waals surface area contributed by atoms with Gasteiger partial charge in [0.1, 0.15) is 0 Å². The number of hydrogen-bond donors (Lipinski definition) is 4. The molecule has 6 aromatic rings. The van der Waals surface area contributed by atoms with Crippen LogP contribution < -0.4 is 10.9 Å². The van der Waals surface area contributed by atoms with Crippen LogP contribution in [0.25, 0.3) is 66.1 Å². The smallest absolute Gasteiger partial charge is 0.423 e. The Labute approximate surface area is 358 Å². The van der Waals surface area contributed by atoms with Gasteiger partial charge in [0.15, 0.2) is 0 Å². The van der Waals surface area contributed by atoms with Crippen molar-refractivity contribution in [2.45, 2.75) is 118 Å². The monoisotopic (exact) mass is 796 g/mol. The van der Waals surface area contributed by atoms with Crippen LogP contribution in [0.5, 0.6) is 0 Å². The van der Waals surface area contributed by atoms with E-state index in [2.05, 4.69) is 116 Å². The van der Waals surface area contributed by atoms with Crippen LogP contribution in [-0.2, 0) is 10.8 Å². The molecule has 9 rings (SSSR count). The maximum absolute atomic E-state index is 10.5. The molecule has 0 heterocycles. The van der Waals surface area contributed by atoms with Crippen LogP contribution in [0, 0.1) is 23.7 Å². The minimum absolute atomic E-state index is 0.264. The van der Waals surface area contributed by atoms with Gasteiger partial charge in [-0.15, -0.1) is 0 Å². The molecule has 0 fully saturated rings. The molecule has 4 nitrogen and oxygen atoms in total. The van der Waals surface area contributed by atoms with Crippen LogP contribution in [0.3, 0.4) is 0 Å². The van der Waals surface area contributed by atoms with Gasteiger partial charge >= 0.3 is 14.2 Å². The molecule has 0 saturated heterocycles. The summed E-state index contributed by atoms with van der Waals surface area (Å²) in [4.78, 5) is 0. The van der Waals surface area contributed by atoms with Crippen LogP contribution in [0.2, 0.25) is 0 Å². The largest absolute Gasteiger partial charge is 0.488 e. The molecule has 0 bridgehead atoms. The number of benzene rings is 6. The summed E-state index contributed by atoms with van der Waals surface area (Å²) in [5, 5.41) is 46.7. The molecule has 6 heteroatoms. The molecule has 0 amide bonds. The SMILES string of the molecule is CC(C)CCC1(CCC(C)C)c2cc3c(cc2C(CCC(C)C)(CCC(C)C)c2cc4c(cc21)-c1cc(B(O)O)cc2cccc-4c12)-c1cc(B(O)O)cc2cccc-3c12. The molecule has 0 aromatic heterocycles. The van der Waals surface area contributed by atoms with Crippen LogP contribution >= 0.6 is 0 Å². The molecule has 6 aromatic carbocycles. The molecule has 3 aliphatic carbocycles. The standard InChI is InChI=1S/C54H62B2O4/c1-31(2)15-19-53(20-16-32(3)4)47-27-41-39-13-9-11-35-23-38(56(59)60)26-46(51(35)39)44(41)30-50(47)54(21-17-33(5)6,22-18-34(7)8)48-28-42-40-14-10-12-36-24-37(55(57)58)25-45(52(36)40)43(42)29-49(48)53/h9-14,23-34,57-60H,15-22H2,1-8H3. The summed E-state index contributed by atoms with van der Waals surface area (Å²) in [6.07, 6.45) is 8.54. The summed E-state index contributed by atoms with van der Waals surface area (Å²) in [7, 11) is -3.10. The van der Waals surface area contributed by atoms with Gasteiger partial charge in [0, 0.05) is 10.8 Å². The van der Waals surface area contributed by atoms with Gasteiger partial charge in [-0.2, -0.15) is 0 Å². The second-order valence-electron chi connectivity index (χ2n) is 20.5. The zero-order valence-electron chi connectivity index (χ0n) is 37.0. The third-order valence-electron chi connectivity index (χ3n) is 14.7. The van der Waals surface area contributed by atoms with E-state index in [1.165, 1.54) is 66.4 Å². The Morgan fingerprint density at radius 2 is 0.683 bits per heavy atom. The Kier molecular flexibility index (Phi) is 10.5. The average Bonchev–Trinajstić information content (AvgIpc) is 3.70. The van der Waals surface area contributed by atoms with Crippen LogP contribution in [0.15, 0.2) is 84.9 Å². The quantitative estimate of drug-likeness (QED) is 0.0827. The Bertz CT molecular complexity index is 2450. The fourth-order valence-corrected chi connectivity index (χ4v) is 11.5. The summed E-state index contributed by atoms with van der Waals surface area (Å²) in [5.74, 6) is 2.10. The fourth-order valence-electron chi connectivity index (χ4n) is 11.5. The van der Waals surface area contributed by atoms with Gasteiger partial charge in [-0.1, -0.05) is 116 Å². The fraction of sp³-hybridized carbons (Fsp3) is 0.407. The molecule has 0 saturated carbocycles. The van der Waals surface area contributed by atoms with Gasteiger partial charge in [-0.05, 0) is 199 Å². The second kappa shape index (κ2) is 15.3. The van der Waals surface area contributed by atoms with Crippen LogP contribution in [-0.4, -0.2) is 34.3 Å². The topological polar surface area (TPSA) is 80.9 Å². The van der Waals surface area contributed by atoms with Gasteiger partial charge < -0.3 is 20.1 Å². The van der Waals surface area contributed by atoms with Crippen LogP contribution in [0.4, 0.5) is 0 Å². The van der Waals surface area contributed by atoms with Crippen molar-refractivity contribution in [3.8, 4) is 44.5 Å². The molecular weight excluding hydrogens is 734 g/mol. The highest BCUT2D eigenvalue weighted by Gasteiger charge is 2.51. The Balaban J connectivity index is 1.43. The zero-order chi connectivity index (χ0) is 42.4. The van der Waals surface area contributed by atoms with E-state index < -0.39 is 14.2 Å². The molecular formula is C54H62B2O4. The molecule has 4 N–H and O–H groups in total. The number of rotatable bonds is 14. The zero-order valence-corrected chi connectivity index (χ0v) is 37.0. The van der Waals surface area contributed by atoms with E-state index >= 15 is 0 Å². The Morgan fingerprint density at radius 1 is 0.383 bits per heavy atom. The van der Waals surface area contributed by atoms with Gasteiger partial charge in [-0.3, -0.25) is 0 Å². The predicted molar refractivity (Wildman–Crippen MR) is 254 cm³/mol. The molecule has 0 radical (unpaired) electrons. The van der Waals surface area contributed by atoms with Crippen molar-refractivity contribution < 1.29 is 20.1 Å². The first-order valence-electron chi connectivity index (χ1n) is 22.9. The predicted octanol–water partition coefficient (Wildman–Crippen LogP) is 11.3. The van der Waals surface area contributed by atoms with Crippen molar-refractivity contribution in [1.29, 1.82) is 0 Å². The van der Waals surface area contributed by atoms with Crippen molar-refractivity contribution in [3.05, 3.63) is 107 Å². The van der Waals surface area contributed by atoms with Gasteiger partial charge in [0.2, 0.25) is 0 Å². The Morgan fingerprint density at radius 3 is 0.967 bits per heavy atom. The van der Waals surface area contributed by atoms with Gasteiger partial charge in [0.25, 0.3) is 0 Å². The number of hydrogen-bond acceptors (Lipinski definition) is 4. The summed E-state index contributed by atoms with van der Waals surface area (Å²) in [6.45, 7) is 18.9. The van der Waals surface area contributed by atoms with E-state index in [1.807, 2.05) is 24.3 Å². The summed E-state index contributed by atoms with van der Waals surface area (Å²) < 4.78 is 0. The summed E-state index contributed by atoms with van der Waals surface area (Å²) >= 11 is 0. The van der Waals surface area contributed by atoms with Crippen molar-refractivity contribution in [1.82, 2.24) is 0 Å². The molecule has 308 valence electrons. The lowest BCUT2D eigenvalue weighted by molar-refractivity contribution is 0.301. The van der Waals surface area contributed by atoms with Crippen molar-refractivity contribution >= 4 is 46.7 Å². The Hall–Kier alpha value is -4.19. The lowest BCUT2D eigenvalue weighted by atomic mass is 9.51. The molecule has 0 unspecified atom stereocenters. The van der Waals surface area contributed by atoms with E-state index in [4.69, 9.17) is 0 Å². The molecule has 60 heavy (non-hydrogen) atoms.